The number of nitrogens with two attached hydrogens (primary N) is 1. The second kappa shape index (κ2) is 7.53. The van der Waals surface area contributed by atoms with Crippen LogP contribution in [-0.2, 0) is 0 Å². The van der Waals surface area contributed by atoms with Gasteiger partial charge in [0.1, 0.15) is 0 Å². The number of aliphatic hydroxyl groups is 1. The molecule has 3 nitrogen and oxygen atoms in total. The maximum Gasteiger partial charge on any atom is 0.0674 e. The van der Waals surface area contributed by atoms with E-state index in [1.54, 1.807) is 0 Å². The van der Waals surface area contributed by atoms with Gasteiger partial charge in [-0.15, -0.1) is 0 Å². The van der Waals surface area contributed by atoms with Crippen LogP contribution in [0, 0.1) is 0 Å². The molecule has 74 valence electrons. The number of hydrogen-bond acceptors (Lipinski definition) is 3. The van der Waals surface area contributed by atoms with Crippen molar-refractivity contribution in [2.45, 2.75) is 32.3 Å². The van der Waals surface area contributed by atoms with Gasteiger partial charge in [0.15, 0.2) is 0 Å². The summed E-state index contributed by atoms with van der Waals surface area (Å²) in [6.45, 7) is 4.62. The zero-order valence-corrected chi connectivity index (χ0v) is 8.29. The molecule has 12 heavy (non-hydrogen) atoms. The Labute approximate surface area is 75.6 Å². The van der Waals surface area contributed by atoms with E-state index in [0.29, 0.717) is 6.54 Å². The lowest BCUT2D eigenvalue weighted by molar-refractivity contribution is 0.154. The molecule has 0 heterocycles. The largest absolute Gasteiger partial charge is 0.392 e. The van der Waals surface area contributed by atoms with Crippen molar-refractivity contribution in [3.63, 3.8) is 0 Å². The van der Waals surface area contributed by atoms with E-state index in [4.69, 9.17) is 5.73 Å². The van der Waals surface area contributed by atoms with E-state index >= 15 is 0 Å². The Morgan fingerprint density at radius 2 is 2.08 bits per heavy atom. The molecule has 0 fully saturated rings. The van der Waals surface area contributed by atoms with Crippen molar-refractivity contribution in [1.82, 2.24) is 4.90 Å². The number of rotatable bonds is 7. The summed E-state index contributed by atoms with van der Waals surface area (Å²) >= 11 is 0. The summed E-state index contributed by atoms with van der Waals surface area (Å²) in [4.78, 5) is 2.24. The smallest absolute Gasteiger partial charge is 0.0674 e. The molecule has 0 radical (unpaired) electrons. The Bertz CT molecular complexity index is 98.5. The van der Waals surface area contributed by atoms with Crippen LogP contribution in [0.15, 0.2) is 0 Å². The first-order valence-corrected chi connectivity index (χ1v) is 4.77. The Morgan fingerprint density at radius 3 is 2.58 bits per heavy atom. The summed E-state index contributed by atoms with van der Waals surface area (Å²) in [6.07, 6.45) is 2.92. The standard InChI is InChI=1S/C9H22N2O/c1-3-4-6-11(2)7-5-9(12)8-10/h9,12H,3-8,10H2,1-2H3. The van der Waals surface area contributed by atoms with Gasteiger partial charge in [-0.3, -0.25) is 0 Å². The normalized spacial score (nSPS) is 13.8. The summed E-state index contributed by atoms with van der Waals surface area (Å²) in [5.74, 6) is 0. The predicted octanol–water partition coefficient (Wildman–Crippen LogP) is 0.428. The molecule has 0 aromatic carbocycles. The Balaban J connectivity index is 3.24. The first-order valence-electron chi connectivity index (χ1n) is 4.77. The minimum Gasteiger partial charge on any atom is -0.392 e. The highest BCUT2D eigenvalue weighted by molar-refractivity contribution is 4.59. The van der Waals surface area contributed by atoms with E-state index in [1.165, 1.54) is 12.8 Å². The number of unbranched alkanes of at least 4 members (excludes halogenated alkanes) is 1. The van der Waals surface area contributed by atoms with Gasteiger partial charge in [0, 0.05) is 13.1 Å². The fourth-order valence-corrected chi connectivity index (χ4v) is 1.03. The minimum absolute atomic E-state index is 0.325. The van der Waals surface area contributed by atoms with Crippen molar-refractivity contribution in [1.29, 1.82) is 0 Å². The van der Waals surface area contributed by atoms with Crippen LogP contribution in [0.2, 0.25) is 0 Å². The molecule has 0 aliphatic rings. The first-order chi connectivity index (χ1) is 5.70. The summed E-state index contributed by atoms with van der Waals surface area (Å²) in [7, 11) is 2.08. The molecule has 1 unspecified atom stereocenters. The molecule has 0 amide bonds. The fourth-order valence-electron chi connectivity index (χ4n) is 1.03. The van der Waals surface area contributed by atoms with Crippen molar-refractivity contribution in [2.75, 3.05) is 26.7 Å². The molecular formula is C9H22N2O. The lowest BCUT2D eigenvalue weighted by atomic mass is 10.2. The number of hydrogen-bond donors (Lipinski definition) is 2. The highest BCUT2D eigenvalue weighted by Gasteiger charge is 2.02. The molecule has 0 aromatic heterocycles. The molecule has 0 spiro atoms. The van der Waals surface area contributed by atoms with Crippen LogP contribution in [0.5, 0.6) is 0 Å². The van der Waals surface area contributed by atoms with Gasteiger partial charge in [-0.1, -0.05) is 13.3 Å². The zero-order valence-electron chi connectivity index (χ0n) is 8.29. The summed E-state index contributed by atoms with van der Waals surface area (Å²) in [5, 5.41) is 9.18. The van der Waals surface area contributed by atoms with Crippen LogP contribution in [-0.4, -0.2) is 42.8 Å². The molecule has 0 saturated carbocycles. The van der Waals surface area contributed by atoms with E-state index in [0.717, 1.165) is 19.5 Å². The highest BCUT2D eigenvalue weighted by atomic mass is 16.3. The molecule has 3 heteroatoms. The monoisotopic (exact) mass is 174 g/mol. The van der Waals surface area contributed by atoms with Crippen LogP contribution in [0.25, 0.3) is 0 Å². The average molecular weight is 174 g/mol. The van der Waals surface area contributed by atoms with Gasteiger partial charge in [0.25, 0.3) is 0 Å². The van der Waals surface area contributed by atoms with E-state index in [9.17, 15) is 5.11 Å². The summed E-state index contributed by atoms with van der Waals surface area (Å²) < 4.78 is 0. The maximum absolute atomic E-state index is 9.18. The van der Waals surface area contributed by atoms with Gasteiger partial charge < -0.3 is 15.7 Å². The third-order valence-electron chi connectivity index (χ3n) is 2.01. The van der Waals surface area contributed by atoms with Crippen LogP contribution in [0.4, 0.5) is 0 Å². The fraction of sp³-hybridized carbons (Fsp3) is 1.00. The molecule has 0 aliphatic carbocycles. The van der Waals surface area contributed by atoms with Gasteiger partial charge in [0.05, 0.1) is 6.10 Å². The zero-order chi connectivity index (χ0) is 9.40. The molecule has 3 N–H and O–H groups in total. The minimum atomic E-state index is -0.325. The van der Waals surface area contributed by atoms with Gasteiger partial charge >= 0.3 is 0 Å². The van der Waals surface area contributed by atoms with Crippen LogP contribution in [0.3, 0.4) is 0 Å². The molecule has 1 atom stereocenters. The second-order valence-corrected chi connectivity index (χ2v) is 3.34. The van der Waals surface area contributed by atoms with Crippen molar-refractivity contribution in [2.24, 2.45) is 5.73 Å². The lowest BCUT2D eigenvalue weighted by Crippen LogP contribution is -2.28. The van der Waals surface area contributed by atoms with E-state index in [-0.39, 0.29) is 6.10 Å². The second-order valence-electron chi connectivity index (χ2n) is 3.34. The van der Waals surface area contributed by atoms with Gasteiger partial charge in [-0.2, -0.15) is 0 Å². The van der Waals surface area contributed by atoms with Crippen molar-refractivity contribution in [3.8, 4) is 0 Å². The molecular weight excluding hydrogens is 152 g/mol. The van der Waals surface area contributed by atoms with Gasteiger partial charge in [-0.05, 0) is 26.4 Å². The van der Waals surface area contributed by atoms with Crippen LogP contribution >= 0.6 is 0 Å². The van der Waals surface area contributed by atoms with Gasteiger partial charge in [-0.25, -0.2) is 0 Å². The average Bonchev–Trinajstić information content (AvgIpc) is 2.10. The molecule has 0 bridgehead atoms. The number of aliphatic hydroxyl groups excluding tert-OH is 1. The maximum atomic E-state index is 9.18. The van der Waals surface area contributed by atoms with Crippen LogP contribution in [0.1, 0.15) is 26.2 Å². The topological polar surface area (TPSA) is 49.5 Å². The molecule has 0 rings (SSSR count). The summed E-state index contributed by atoms with van der Waals surface area (Å²) in [5.41, 5.74) is 5.29. The predicted molar refractivity (Wildman–Crippen MR) is 52.1 cm³/mol. The van der Waals surface area contributed by atoms with Crippen molar-refractivity contribution < 1.29 is 5.11 Å². The Kier molecular flexibility index (Phi) is 7.45. The number of nitrogens with zero attached hydrogens (tertiary/aromatic N) is 1. The SMILES string of the molecule is CCCCN(C)CCC(O)CN. The third kappa shape index (κ3) is 6.58. The Morgan fingerprint density at radius 1 is 1.42 bits per heavy atom. The lowest BCUT2D eigenvalue weighted by Gasteiger charge is -2.17. The molecule has 0 aliphatic heterocycles. The van der Waals surface area contributed by atoms with E-state index < -0.39 is 0 Å². The van der Waals surface area contributed by atoms with Crippen molar-refractivity contribution in [3.05, 3.63) is 0 Å². The first kappa shape index (κ1) is 11.9. The van der Waals surface area contributed by atoms with Crippen molar-refractivity contribution >= 4 is 0 Å². The molecule has 0 saturated heterocycles. The molecule has 0 aromatic rings. The van der Waals surface area contributed by atoms with Crippen LogP contribution < -0.4 is 5.73 Å². The van der Waals surface area contributed by atoms with E-state index in [1.807, 2.05) is 0 Å². The van der Waals surface area contributed by atoms with E-state index in [2.05, 4.69) is 18.9 Å². The summed E-state index contributed by atoms with van der Waals surface area (Å²) in [6, 6.07) is 0. The quantitative estimate of drug-likeness (QED) is 0.588. The third-order valence-corrected chi connectivity index (χ3v) is 2.01. The highest BCUT2D eigenvalue weighted by Crippen LogP contribution is 1.95. The Hall–Kier alpha value is -0.120. The van der Waals surface area contributed by atoms with Gasteiger partial charge in [0.2, 0.25) is 0 Å².